The van der Waals surface area contributed by atoms with Gasteiger partial charge in [-0.1, -0.05) is 6.07 Å². The number of anilines is 1. The Morgan fingerprint density at radius 3 is 2.84 bits per heavy atom. The molecule has 2 heterocycles. The number of hydrazine groups is 1. The molecule has 0 spiro atoms. The summed E-state index contributed by atoms with van der Waals surface area (Å²) in [6.45, 7) is 2.48. The topological polar surface area (TPSA) is 94.9 Å². The smallest absolute Gasteiger partial charge is 0.308 e. The van der Waals surface area contributed by atoms with Crippen LogP contribution in [0.4, 0.5) is 5.82 Å². The maximum atomic E-state index is 12.1. The highest BCUT2D eigenvalue weighted by Gasteiger charge is 2.08. The maximum Gasteiger partial charge on any atom is 0.331 e. The molecule has 0 atom stereocenters. The number of pyridine rings is 1. The van der Waals surface area contributed by atoms with Gasteiger partial charge in [0.15, 0.2) is 0 Å². The van der Waals surface area contributed by atoms with E-state index in [-0.39, 0.29) is 17.8 Å². The second kappa shape index (κ2) is 5.49. The molecule has 0 fully saturated rings. The fraction of sp³-hybridized carbons (Fsp3) is 0.250. The van der Waals surface area contributed by atoms with E-state index in [9.17, 15) is 9.59 Å². The van der Waals surface area contributed by atoms with Gasteiger partial charge in [-0.25, -0.2) is 15.6 Å². The Morgan fingerprint density at radius 1 is 1.37 bits per heavy atom. The first-order valence-corrected chi connectivity index (χ1v) is 5.88. The SMILES string of the molecule is CCn1ccc(=O)n(Cc2cccnc2NN)c1=O. The average Bonchev–Trinajstić information content (AvgIpc) is 2.44. The van der Waals surface area contributed by atoms with E-state index in [1.165, 1.54) is 16.8 Å². The molecule has 0 bridgehead atoms. The van der Waals surface area contributed by atoms with E-state index in [0.29, 0.717) is 17.9 Å². The Hall–Kier alpha value is -2.41. The first-order chi connectivity index (χ1) is 9.17. The summed E-state index contributed by atoms with van der Waals surface area (Å²) in [6, 6.07) is 4.86. The van der Waals surface area contributed by atoms with Gasteiger partial charge in [0.05, 0.1) is 6.54 Å². The first kappa shape index (κ1) is 13.0. The lowest BCUT2D eigenvalue weighted by atomic mass is 10.2. The molecular weight excluding hydrogens is 246 g/mol. The zero-order valence-electron chi connectivity index (χ0n) is 10.5. The van der Waals surface area contributed by atoms with Crippen molar-refractivity contribution in [3.8, 4) is 0 Å². The first-order valence-electron chi connectivity index (χ1n) is 5.88. The summed E-state index contributed by atoms with van der Waals surface area (Å²) in [5, 5.41) is 0. The van der Waals surface area contributed by atoms with Crippen molar-refractivity contribution in [2.75, 3.05) is 5.43 Å². The van der Waals surface area contributed by atoms with Gasteiger partial charge in [-0.3, -0.25) is 9.36 Å². The number of aryl methyl sites for hydroxylation is 1. The molecule has 0 aliphatic heterocycles. The van der Waals surface area contributed by atoms with Crippen LogP contribution < -0.4 is 22.5 Å². The van der Waals surface area contributed by atoms with E-state index in [0.717, 1.165) is 4.57 Å². The zero-order chi connectivity index (χ0) is 13.8. The number of nitrogens with one attached hydrogen (secondary N) is 1. The maximum absolute atomic E-state index is 12.1. The van der Waals surface area contributed by atoms with Crippen molar-refractivity contribution in [2.24, 2.45) is 5.84 Å². The second-order valence-electron chi connectivity index (χ2n) is 3.96. The Morgan fingerprint density at radius 2 is 2.16 bits per heavy atom. The van der Waals surface area contributed by atoms with Gasteiger partial charge >= 0.3 is 5.69 Å². The number of hydrogen-bond donors (Lipinski definition) is 2. The van der Waals surface area contributed by atoms with Gasteiger partial charge in [0.25, 0.3) is 5.56 Å². The van der Waals surface area contributed by atoms with Crippen LogP contribution in [-0.2, 0) is 13.1 Å². The van der Waals surface area contributed by atoms with Crippen molar-refractivity contribution in [3.63, 3.8) is 0 Å². The van der Waals surface area contributed by atoms with Crippen molar-refractivity contribution >= 4 is 5.82 Å². The zero-order valence-corrected chi connectivity index (χ0v) is 10.5. The summed E-state index contributed by atoms with van der Waals surface area (Å²) in [6.07, 6.45) is 3.07. The average molecular weight is 261 g/mol. The Balaban J connectivity index is 2.49. The van der Waals surface area contributed by atoms with E-state index in [4.69, 9.17) is 5.84 Å². The van der Waals surface area contributed by atoms with Gasteiger partial charge in [0, 0.05) is 30.6 Å². The molecule has 2 aromatic heterocycles. The highest BCUT2D eigenvalue weighted by molar-refractivity contribution is 5.42. The molecule has 0 aliphatic rings. The predicted molar refractivity (Wildman–Crippen MR) is 71.8 cm³/mol. The van der Waals surface area contributed by atoms with Crippen molar-refractivity contribution in [1.29, 1.82) is 0 Å². The van der Waals surface area contributed by atoms with E-state index in [1.807, 2.05) is 6.92 Å². The fourth-order valence-electron chi connectivity index (χ4n) is 1.81. The molecular formula is C12H15N5O2. The van der Waals surface area contributed by atoms with Crippen LogP contribution in [0, 0.1) is 0 Å². The molecule has 0 aromatic carbocycles. The van der Waals surface area contributed by atoms with Gasteiger partial charge in [0.1, 0.15) is 5.82 Å². The van der Waals surface area contributed by atoms with Crippen LogP contribution in [0.3, 0.4) is 0 Å². The monoisotopic (exact) mass is 261 g/mol. The molecule has 0 amide bonds. The standard InChI is InChI=1S/C12H15N5O2/c1-2-16-7-5-10(18)17(12(16)19)8-9-4-3-6-14-11(9)15-13/h3-7H,2,8,13H2,1H3,(H,14,15). The van der Waals surface area contributed by atoms with Gasteiger partial charge in [-0.05, 0) is 13.0 Å². The lowest BCUT2D eigenvalue weighted by molar-refractivity contribution is 0.600. The number of hydrogen-bond acceptors (Lipinski definition) is 5. The van der Waals surface area contributed by atoms with Crippen LogP contribution in [0.15, 0.2) is 40.2 Å². The van der Waals surface area contributed by atoms with Gasteiger partial charge in [0.2, 0.25) is 0 Å². The van der Waals surface area contributed by atoms with Crippen LogP contribution >= 0.6 is 0 Å². The van der Waals surface area contributed by atoms with Crippen LogP contribution in [0.5, 0.6) is 0 Å². The van der Waals surface area contributed by atoms with Crippen LogP contribution in [0.1, 0.15) is 12.5 Å². The molecule has 7 nitrogen and oxygen atoms in total. The lowest BCUT2D eigenvalue weighted by Crippen LogP contribution is -2.39. The van der Waals surface area contributed by atoms with Crippen molar-refractivity contribution < 1.29 is 0 Å². The summed E-state index contributed by atoms with van der Waals surface area (Å²) in [7, 11) is 0. The second-order valence-corrected chi connectivity index (χ2v) is 3.96. The number of rotatable bonds is 4. The quantitative estimate of drug-likeness (QED) is 0.585. The van der Waals surface area contributed by atoms with Crippen molar-refractivity contribution in [3.05, 3.63) is 57.0 Å². The summed E-state index contributed by atoms with van der Waals surface area (Å²) in [5.41, 5.74) is 2.44. The minimum Gasteiger partial charge on any atom is -0.308 e. The molecule has 7 heteroatoms. The minimum absolute atomic E-state index is 0.131. The number of nitrogens with two attached hydrogens (primary N) is 1. The van der Waals surface area contributed by atoms with E-state index >= 15 is 0 Å². The fourth-order valence-corrected chi connectivity index (χ4v) is 1.81. The molecule has 0 aliphatic carbocycles. The molecule has 0 radical (unpaired) electrons. The number of nitrogens with zero attached hydrogens (tertiary/aromatic N) is 3. The molecule has 2 rings (SSSR count). The molecule has 2 aromatic rings. The summed E-state index contributed by atoms with van der Waals surface area (Å²) in [5.74, 6) is 5.80. The highest BCUT2D eigenvalue weighted by atomic mass is 16.2. The number of aromatic nitrogens is 3. The van der Waals surface area contributed by atoms with Crippen molar-refractivity contribution in [2.45, 2.75) is 20.0 Å². The van der Waals surface area contributed by atoms with Crippen LogP contribution in [-0.4, -0.2) is 14.1 Å². The Labute approximate surface area is 109 Å². The van der Waals surface area contributed by atoms with Crippen molar-refractivity contribution in [1.82, 2.24) is 14.1 Å². The van der Waals surface area contributed by atoms with Gasteiger partial charge in [-0.2, -0.15) is 0 Å². The summed E-state index contributed by atoms with van der Waals surface area (Å²) >= 11 is 0. The van der Waals surface area contributed by atoms with E-state index in [1.54, 1.807) is 18.3 Å². The Kier molecular flexibility index (Phi) is 3.76. The summed E-state index contributed by atoms with van der Waals surface area (Å²) < 4.78 is 2.62. The molecule has 19 heavy (non-hydrogen) atoms. The molecule has 100 valence electrons. The van der Waals surface area contributed by atoms with Gasteiger partial charge in [-0.15, -0.1) is 0 Å². The molecule has 0 saturated heterocycles. The third-order valence-corrected chi connectivity index (χ3v) is 2.84. The van der Waals surface area contributed by atoms with Crippen LogP contribution in [0.25, 0.3) is 0 Å². The molecule has 3 N–H and O–H groups in total. The normalized spacial score (nSPS) is 10.4. The number of nitrogen functional groups attached to an aromatic ring is 1. The third kappa shape index (κ3) is 2.55. The highest BCUT2D eigenvalue weighted by Crippen LogP contribution is 2.09. The summed E-state index contributed by atoms with van der Waals surface area (Å²) in [4.78, 5) is 27.9. The molecule has 0 saturated carbocycles. The minimum atomic E-state index is -0.346. The van der Waals surface area contributed by atoms with E-state index < -0.39 is 0 Å². The van der Waals surface area contributed by atoms with E-state index in [2.05, 4.69) is 10.4 Å². The largest absolute Gasteiger partial charge is 0.331 e. The lowest BCUT2D eigenvalue weighted by Gasteiger charge is -2.10. The Bertz CT molecular complexity index is 689. The predicted octanol–water partition coefficient (Wildman–Crippen LogP) is -0.241. The third-order valence-electron chi connectivity index (χ3n) is 2.84. The van der Waals surface area contributed by atoms with Crippen LogP contribution in [0.2, 0.25) is 0 Å². The molecule has 0 unspecified atom stereocenters. The van der Waals surface area contributed by atoms with Gasteiger partial charge < -0.3 is 9.99 Å².